The van der Waals surface area contributed by atoms with E-state index >= 15 is 0 Å². The van der Waals surface area contributed by atoms with Gasteiger partial charge in [-0.15, -0.1) is 10.2 Å². The molecule has 0 aliphatic heterocycles. The van der Waals surface area contributed by atoms with Crippen LogP contribution in [-0.2, 0) is 16.0 Å². The number of nitrogens with one attached hydrogen (secondary N) is 1. The first-order chi connectivity index (χ1) is 10.2. The van der Waals surface area contributed by atoms with Crippen LogP contribution in [0.15, 0.2) is 24.3 Å². The summed E-state index contributed by atoms with van der Waals surface area (Å²) >= 11 is 7.31. The van der Waals surface area contributed by atoms with Crippen LogP contribution in [0.4, 0.5) is 5.13 Å². The average Bonchev–Trinajstić information content (AvgIpc) is 2.86. The Bertz CT molecular complexity index is 603. The van der Waals surface area contributed by atoms with E-state index in [9.17, 15) is 4.79 Å². The Labute approximate surface area is 132 Å². The van der Waals surface area contributed by atoms with E-state index < -0.39 is 0 Å². The van der Waals surface area contributed by atoms with Crippen molar-refractivity contribution in [3.63, 3.8) is 0 Å². The van der Waals surface area contributed by atoms with Crippen molar-refractivity contribution in [1.82, 2.24) is 10.2 Å². The first-order valence-corrected chi connectivity index (χ1v) is 7.81. The standard InChI is InChI=1S/C14H16ClN3O2S/c1-2-20-7-6-12(19)16-14-18-17-13(21-14)9-10-4-3-5-11(15)8-10/h3-5,8H,2,6-7,9H2,1H3,(H,16,18,19). The zero-order chi connectivity index (χ0) is 15.1. The van der Waals surface area contributed by atoms with E-state index in [1.54, 1.807) is 0 Å². The molecule has 0 spiro atoms. The molecule has 1 aromatic carbocycles. The molecule has 0 radical (unpaired) electrons. The second-order valence-corrected chi connectivity index (χ2v) is 5.80. The summed E-state index contributed by atoms with van der Waals surface area (Å²) in [6.07, 6.45) is 0.962. The molecule has 1 N–H and O–H groups in total. The van der Waals surface area contributed by atoms with Crippen LogP contribution in [0.5, 0.6) is 0 Å². The topological polar surface area (TPSA) is 64.1 Å². The van der Waals surface area contributed by atoms with Crippen LogP contribution in [-0.4, -0.2) is 29.3 Å². The van der Waals surface area contributed by atoms with E-state index in [-0.39, 0.29) is 5.91 Å². The van der Waals surface area contributed by atoms with Crippen LogP contribution in [0.25, 0.3) is 0 Å². The summed E-state index contributed by atoms with van der Waals surface area (Å²) in [5, 5.41) is 12.8. The smallest absolute Gasteiger partial charge is 0.228 e. The van der Waals surface area contributed by atoms with Crippen molar-refractivity contribution < 1.29 is 9.53 Å². The summed E-state index contributed by atoms with van der Waals surface area (Å²) in [4.78, 5) is 11.6. The number of nitrogens with zero attached hydrogens (tertiary/aromatic N) is 2. The predicted octanol–water partition coefficient (Wildman–Crippen LogP) is 3.15. The second kappa shape index (κ2) is 8.07. The number of hydrogen-bond acceptors (Lipinski definition) is 5. The van der Waals surface area contributed by atoms with Crippen molar-refractivity contribution >= 4 is 34.0 Å². The predicted molar refractivity (Wildman–Crippen MR) is 83.9 cm³/mol. The van der Waals surface area contributed by atoms with Gasteiger partial charge in [0.1, 0.15) is 5.01 Å². The van der Waals surface area contributed by atoms with Gasteiger partial charge in [-0.05, 0) is 24.6 Å². The van der Waals surface area contributed by atoms with Gasteiger partial charge in [-0.25, -0.2) is 0 Å². The molecule has 0 saturated heterocycles. The molecule has 0 unspecified atom stereocenters. The summed E-state index contributed by atoms with van der Waals surface area (Å²) < 4.78 is 5.13. The largest absolute Gasteiger partial charge is 0.381 e. The van der Waals surface area contributed by atoms with Gasteiger partial charge in [0.15, 0.2) is 0 Å². The van der Waals surface area contributed by atoms with E-state index in [4.69, 9.17) is 16.3 Å². The van der Waals surface area contributed by atoms with Gasteiger partial charge in [-0.3, -0.25) is 4.79 Å². The Balaban J connectivity index is 1.88. The zero-order valence-corrected chi connectivity index (χ0v) is 13.2. The first-order valence-electron chi connectivity index (χ1n) is 6.62. The molecule has 7 heteroatoms. The monoisotopic (exact) mass is 325 g/mol. The maximum Gasteiger partial charge on any atom is 0.228 e. The molecule has 5 nitrogen and oxygen atoms in total. The third kappa shape index (κ3) is 5.41. The van der Waals surface area contributed by atoms with Gasteiger partial charge in [0, 0.05) is 18.1 Å². The number of carbonyl (C=O) groups excluding carboxylic acids is 1. The lowest BCUT2D eigenvalue weighted by molar-refractivity contribution is -0.117. The molecule has 0 bridgehead atoms. The van der Waals surface area contributed by atoms with Gasteiger partial charge in [-0.2, -0.15) is 0 Å². The van der Waals surface area contributed by atoms with Gasteiger partial charge in [0.05, 0.1) is 13.0 Å². The molecule has 21 heavy (non-hydrogen) atoms. The highest BCUT2D eigenvalue weighted by atomic mass is 35.5. The SMILES string of the molecule is CCOCCC(=O)Nc1nnc(Cc2cccc(Cl)c2)s1. The normalized spacial score (nSPS) is 10.6. The van der Waals surface area contributed by atoms with Crippen LogP contribution in [0, 0.1) is 0 Å². The third-order valence-corrected chi connectivity index (χ3v) is 3.71. The van der Waals surface area contributed by atoms with Crippen LogP contribution in [0.1, 0.15) is 23.9 Å². The molecular weight excluding hydrogens is 310 g/mol. The number of hydrogen-bond donors (Lipinski definition) is 1. The van der Waals surface area contributed by atoms with Crippen molar-refractivity contribution in [3.8, 4) is 0 Å². The summed E-state index contributed by atoms with van der Waals surface area (Å²) in [6.45, 7) is 2.91. The van der Waals surface area contributed by atoms with Gasteiger partial charge in [0.25, 0.3) is 0 Å². The Morgan fingerprint density at radius 1 is 1.43 bits per heavy atom. The van der Waals surface area contributed by atoms with E-state index in [1.807, 2.05) is 31.2 Å². The highest BCUT2D eigenvalue weighted by Gasteiger charge is 2.09. The molecule has 2 aromatic rings. The molecule has 0 aliphatic rings. The van der Waals surface area contributed by atoms with Crippen molar-refractivity contribution in [2.24, 2.45) is 0 Å². The number of halogens is 1. The van der Waals surface area contributed by atoms with Crippen LogP contribution >= 0.6 is 22.9 Å². The highest BCUT2D eigenvalue weighted by molar-refractivity contribution is 7.15. The van der Waals surface area contributed by atoms with Crippen molar-refractivity contribution in [2.75, 3.05) is 18.5 Å². The lowest BCUT2D eigenvalue weighted by Gasteiger charge is -2.00. The fraction of sp³-hybridized carbons (Fsp3) is 0.357. The van der Waals surface area contributed by atoms with Crippen molar-refractivity contribution in [3.05, 3.63) is 39.9 Å². The summed E-state index contributed by atoms with van der Waals surface area (Å²) in [5.41, 5.74) is 1.06. The third-order valence-electron chi connectivity index (χ3n) is 2.64. The maximum atomic E-state index is 11.6. The number of carbonyl (C=O) groups is 1. The van der Waals surface area contributed by atoms with Gasteiger partial charge in [-0.1, -0.05) is 35.1 Å². The molecular formula is C14H16ClN3O2S. The van der Waals surface area contributed by atoms with E-state index in [0.717, 1.165) is 10.6 Å². The van der Waals surface area contributed by atoms with E-state index in [1.165, 1.54) is 11.3 Å². The summed E-state index contributed by atoms with van der Waals surface area (Å²) in [6, 6.07) is 7.60. The van der Waals surface area contributed by atoms with Gasteiger partial charge in [0.2, 0.25) is 11.0 Å². The van der Waals surface area contributed by atoms with Gasteiger partial charge >= 0.3 is 0 Å². The van der Waals surface area contributed by atoms with Gasteiger partial charge < -0.3 is 10.1 Å². The number of anilines is 1. The fourth-order valence-corrected chi connectivity index (χ4v) is 2.69. The Hall–Kier alpha value is -1.50. The van der Waals surface area contributed by atoms with Crippen LogP contribution < -0.4 is 5.32 Å². The van der Waals surface area contributed by atoms with Crippen LogP contribution in [0.3, 0.4) is 0 Å². The second-order valence-electron chi connectivity index (χ2n) is 4.30. The summed E-state index contributed by atoms with van der Waals surface area (Å²) in [7, 11) is 0. The minimum absolute atomic E-state index is 0.117. The summed E-state index contributed by atoms with van der Waals surface area (Å²) in [5.74, 6) is -0.117. The number of amides is 1. The number of aromatic nitrogens is 2. The molecule has 0 fully saturated rings. The lowest BCUT2D eigenvalue weighted by Crippen LogP contribution is -2.13. The zero-order valence-electron chi connectivity index (χ0n) is 11.6. The molecule has 2 rings (SSSR count). The van der Waals surface area contributed by atoms with Crippen LogP contribution in [0.2, 0.25) is 5.02 Å². The number of rotatable bonds is 7. The molecule has 0 atom stereocenters. The quantitative estimate of drug-likeness (QED) is 0.794. The number of ether oxygens (including phenoxy) is 1. The highest BCUT2D eigenvalue weighted by Crippen LogP contribution is 2.20. The average molecular weight is 326 g/mol. The first kappa shape index (κ1) is 15.9. The molecule has 1 amide bonds. The number of benzene rings is 1. The molecule has 0 saturated carbocycles. The van der Waals surface area contributed by atoms with Crippen molar-refractivity contribution in [2.45, 2.75) is 19.8 Å². The minimum Gasteiger partial charge on any atom is -0.381 e. The molecule has 1 aromatic heterocycles. The van der Waals surface area contributed by atoms with E-state index in [2.05, 4.69) is 15.5 Å². The Kier molecular flexibility index (Phi) is 6.10. The minimum atomic E-state index is -0.117. The Morgan fingerprint density at radius 3 is 3.05 bits per heavy atom. The molecule has 0 aliphatic carbocycles. The fourth-order valence-electron chi connectivity index (χ4n) is 1.69. The molecule has 112 valence electrons. The van der Waals surface area contributed by atoms with E-state index in [0.29, 0.717) is 36.2 Å². The lowest BCUT2D eigenvalue weighted by atomic mass is 10.2. The Morgan fingerprint density at radius 2 is 2.29 bits per heavy atom. The van der Waals surface area contributed by atoms with Crippen molar-refractivity contribution in [1.29, 1.82) is 0 Å². The molecule has 1 heterocycles. The maximum absolute atomic E-state index is 11.6.